The van der Waals surface area contributed by atoms with Gasteiger partial charge in [-0.15, -0.1) is 12.4 Å². The van der Waals surface area contributed by atoms with E-state index in [0.29, 0.717) is 23.4 Å². The van der Waals surface area contributed by atoms with Crippen molar-refractivity contribution in [2.75, 3.05) is 20.1 Å². The van der Waals surface area contributed by atoms with Crippen molar-refractivity contribution in [3.8, 4) is 11.3 Å². The summed E-state index contributed by atoms with van der Waals surface area (Å²) < 4.78 is 13.8. The van der Waals surface area contributed by atoms with Gasteiger partial charge in [-0.1, -0.05) is 12.1 Å². The molecular formula is C14H18ClFN4O. The summed E-state index contributed by atoms with van der Waals surface area (Å²) in [6.07, 6.45) is 2.24. The number of aromatic amines is 1. The number of carbonyl (C=O) groups is 1. The number of benzene rings is 1. The van der Waals surface area contributed by atoms with Crippen molar-refractivity contribution in [1.29, 1.82) is 0 Å². The highest BCUT2D eigenvalue weighted by Gasteiger charge is 2.16. The highest BCUT2D eigenvalue weighted by molar-refractivity contribution is 5.99. The molecule has 0 bridgehead atoms. The van der Waals surface area contributed by atoms with E-state index in [-0.39, 0.29) is 24.1 Å². The van der Waals surface area contributed by atoms with Crippen LogP contribution in [0.2, 0.25) is 0 Å². The fourth-order valence-corrected chi connectivity index (χ4v) is 1.89. The molecule has 0 saturated carbocycles. The molecule has 1 heterocycles. The van der Waals surface area contributed by atoms with Gasteiger partial charge in [0.05, 0.1) is 17.5 Å². The molecule has 5 nitrogen and oxygen atoms in total. The lowest BCUT2D eigenvalue weighted by Gasteiger charge is -2.06. The van der Waals surface area contributed by atoms with Gasteiger partial charge in [0.1, 0.15) is 5.82 Å². The van der Waals surface area contributed by atoms with E-state index in [2.05, 4.69) is 20.8 Å². The first-order valence-corrected chi connectivity index (χ1v) is 6.45. The zero-order valence-electron chi connectivity index (χ0n) is 11.6. The summed E-state index contributed by atoms with van der Waals surface area (Å²) >= 11 is 0. The fourth-order valence-electron chi connectivity index (χ4n) is 1.89. The maximum absolute atomic E-state index is 13.8. The van der Waals surface area contributed by atoms with E-state index in [9.17, 15) is 9.18 Å². The Bertz CT molecular complexity index is 588. The predicted molar refractivity (Wildman–Crippen MR) is 82.1 cm³/mol. The molecule has 3 N–H and O–H groups in total. The average Bonchev–Trinajstić information content (AvgIpc) is 2.93. The molecule has 0 radical (unpaired) electrons. The normalized spacial score (nSPS) is 10.0. The Labute approximate surface area is 128 Å². The zero-order chi connectivity index (χ0) is 14.4. The largest absolute Gasteiger partial charge is 0.352 e. The van der Waals surface area contributed by atoms with Crippen LogP contribution in [0.5, 0.6) is 0 Å². The van der Waals surface area contributed by atoms with Crippen LogP contribution in [0.4, 0.5) is 4.39 Å². The van der Waals surface area contributed by atoms with Crippen molar-refractivity contribution in [3.63, 3.8) is 0 Å². The number of aromatic nitrogens is 2. The average molecular weight is 313 g/mol. The minimum Gasteiger partial charge on any atom is -0.352 e. The van der Waals surface area contributed by atoms with Gasteiger partial charge in [-0.3, -0.25) is 9.89 Å². The third kappa shape index (κ3) is 4.27. The molecule has 0 fully saturated rings. The summed E-state index contributed by atoms with van der Waals surface area (Å²) in [5.41, 5.74) is 1.08. The molecule has 0 saturated heterocycles. The van der Waals surface area contributed by atoms with Crippen LogP contribution in [-0.2, 0) is 0 Å². The van der Waals surface area contributed by atoms with Gasteiger partial charge in [0.2, 0.25) is 0 Å². The number of carbonyl (C=O) groups excluding carboxylic acids is 1. The molecule has 114 valence electrons. The van der Waals surface area contributed by atoms with E-state index in [1.807, 2.05) is 7.05 Å². The van der Waals surface area contributed by atoms with E-state index in [4.69, 9.17) is 0 Å². The first kappa shape index (κ1) is 17.1. The zero-order valence-corrected chi connectivity index (χ0v) is 12.5. The van der Waals surface area contributed by atoms with Crippen molar-refractivity contribution in [3.05, 3.63) is 41.8 Å². The lowest BCUT2D eigenvalue weighted by molar-refractivity contribution is 0.0954. The van der Waals surface area contributed by atoms with Gasteiger partial charge in [-0.05, 0) is 32.1 Å². The third-order valence-electron chi connectivity index (χ3n) is 2.92. The van der Waals surface area contributed by atoms with E-state index in [1.54, 1.807) is 18.2 Å². The number of halogens is 2. The fraction of sp³-hybridized carbons (Fsp3) is 0.286. The van der Waals surface area contributed by atoms with Crippen LogP contribution in [0.1, 0.15) is 16.8 Å². The van der Waals surface area contributed by atoms with E-state index < -0.39 is 0 Å². The summed E-state index contributed by atoms with van der Waals surface area (Å²) in [6.45, 7) is 1.38. The molecule has 0 atom stereocenters. The molecule has 2 aromatic rings. The van der Waals surface area contributed by atoms with Crippen LogP contribution < -0.4 is 10.6 Å². The van der Waals surface area contributed by atoms with Gasteiger partial charge < -0.3 is 10.6 Å². The summed E-state index contributed by atoms with van der Waals surface area (Å²) in [5, 5.41) is 12.3. The Hall–Kier alpha value is -1.92. The van der Waals surface area contributed by atoms with Crippen molar-refractivity contribution in [2.24, 2.45) is 0 Å². The number of H-pyrrole nitrogens is 1. The molecular weight excluding hydrogens is 295 g/mol. The molecule has 2 rings (SSSR count). The van der Waals surface area contributed by atoms with Crippen LogP contribution in [0, 0.1) is 5.82 Å². The standard InChI is InChI=1S/C14H17FN4O.ClH/c1-16-7-4-8-17-14(20)11-9-18-19-13(11)10-5-2-3-6-12(10)15;/h2-3,5-6,9,16H,4,7-8H2,1H3,(H,17,20)(H,18,19);1H. The number of rotatable bonds is 6. The van der Waals surface area contributed by atoms with Gasteiger partial charge in [-0.25, -0.2) is 4.39 Å². The van der Waals surface area contributed by atoms with Crippen LogP contribution >= 0.6 is 12.4 Å². The van der Waals surface area contributed by atoms with Gasteiger partial charge in [-0.2, -0.15) is 5.10 Å². The van der Waals surface area contributed by atoms with Gasteiger partial charge in [0.15, 0.2) is 0 Å². The van der Waals surface area contributed by atoms with E-state index in [1.165, 1.54) is 12.3 Å². The van der Waals surface area contributed by atoms with Crippen LogP contribution in [-0.4, -0.2) is 36.2 Å². The minimum absolute atomic E-state index is 0. The summed E-state index contributed by atoms with van der Waals surface area (Å²) in [7, 11) is 1.86. The summed E-state index contributed by atoms with van der Waals surface area (Å²) in [5.74, 6) is -0.644. The smallest absolute Gasteiger partial charge is 0.255 e. The lowest BCUT2D eigenvalue weighted by Crippen LogP contribution is -2.26. The lowest BCUT2D eigenvalue weighted by atomic mass is 10.1. The van der Waals surface area contributed by atoms with E-state index >= 15 is 0 Å². The highest BCUT2D eigenvalue weighted by Crippen LogP contribution is 2.23. The molecule has 0 aliphatic rings. The molecule has 0 unspecified atom stereocenters. The number of nitrogens with zero attached hydrogens (tertiary/aromatic N) is 1. The van der Waals surface area contributed by atoms with Crippen LogP contribution in [0.3, 0.4) is 0 Å². The predicted octanol–water partition coefficient (Wildman–Crippen LogP) is 1.98. The van der Waals surface area contributed by atoms with E-state index in [0.717, 1.165) is 13.0 Å². The molecule has 0 aliphatic carbocycles. The number of nitrogens with one attached hydrogen (secondary N) is 3. The quantitative estimate of drug-likeness (QED) is 0.714. The third-order valence-corrected chi connectivity index (χ3v) is 2.92. The van der Waals surface area contributed by atoms with Gasteiger partial charge in [0.25, 0.3) is 5.91 Å². The first-order chi connectivity index (χ1) is 9.74. The highest BCUT2D eigenvalue weighted by atomic mass is 35.5. The summed E-state index contributed by atoms with van der Waals surface area (Å²) in [4.78, 5) is 12.1. The second-order valence-corrected chi connectivity index (χ2v) is 4.35. The topological polar surface area (TPSA) is 69.8 Å². The molecule has 1 aromatic carbocycles. The SMILES string of the molecule is CNCCCNC(=O)c1cn[nH]c1-c1ccccc1F.Cl. The number of hydrogen-bond donors (Lipinski definition) is 3. The molecule has 0 spiro atoms. The van der Waals surface area contributed by atoms with Gasteiger partial charge >= 0.3 is 0 Å². The maximum atomic E-state index is 13.8. The monoisotopic (exact) mass is 312 g/mol. The Morgan fingerprint density at radius 1 is 1.33 bits per heavy atom. The molecule has 1 amide bonds. The Balaban J connectivity index is 0.00000220. The van der Waals surface area contributed by atoms with Crippen LogP contribution in [0.15, 0.2) is 30.5 Å². The Morgan fingerprint density at radius 2 is 2.10 bits per heavy atom. The van der Waals surface area contributed by atoms with Gasteiger partial charge in [0, 0.05) is 12.1 Å². The number of amides is 1. The van der Waals surface area contributed by atoms with Crippen molar-refractivity contribution in [2.45, 2.75) is 6.42 Å². The Morgan fingerprint density at radius 3 is 2.81 bits per heavy atom. The molecule has 1 aromatic heterocycles. The minimum atomic E-state index is -0.388. The number of hydrogen-bond acceptors (Lipinski definition) is 3. The molecule has 7 heteroatoms. The van der Waals surface area contributed by atoms with Crippen LogP contribution in [0.25, 0.3) is 11.3 Å². The van der Waals surface area contributed by atoms with Crippen molar-refractivity contribution < 1.29 is 9.18 Å². The first-order valence-electron chi connectivity index (χ1n) is 6.45. The second kappa shape index (κ2) is 8.39. The maximum Gasteiger partial charge on any atom is 0.255 e. The second-order valence-electron chi connectivity index (χ2n) is 4.35. The summed E-state index contributed by atoms with van der Waals surface area (Å²) in [6, 6.07) is 6.28. The van der Waals surface area contributed by atoms with Crippen molar-refractivity contribution in [1.82, 2.24) is 20.8 Å². The molecule has 0 aliphatic heterocycles. The molecule has 21 heavy (non-hydrogen) atoms. The Kier molecular flexibility index (Phi) is 6.84. The van der Waals surface area contributed by atoms with Crippen molar-refractivity contribution >= 4 is 18.3 Å².